The van der Waals surface area contributed by atoms with Crippen LogP contribution in [0.25, 0.3) is 0 Å². The average Bonchev–Trinajstić information content (AvgIpc) is 2.49. The van der Waals surface area contributed by atoms with E-state index in [2.05, 4.69) is 27.4 Å². The molecular formula is C20H30O3. The van der Waals surface area contributed by atoms with Gasteiger partial charge in [-0.3, -0.25) is 4.79 Å². The van der Waals surface area contributed by atoms with Gasteiger partial charge in [-0.1, -0.05) is 32.4 Å². The van der Waals surface area contributed by atoms with E-state index in [9.17, 15) is 15.0 Å². The van der Waals surface area contributed by atoms with Crippen LogP contribution < -0.4 is 0 Å². The predicted octanol–water partition coefficient (Wildman–Crippen LogP) is 3.41. The van der Waals surface area contributed by atoms with Crippen LogP contribution in [0.5, 0.6) is 0 Å². The zero-order chi connectivity index (χ0) is 17.2. The molecule has 0 saturated heterocycles. The molecule has 0 radical (unpaired) electrons. The first-order valence-corrected chi connectivity index (χ1v) is 8.86. The normalized spacial score (nSPS) is 46.2. The summed E-state index contributed by atoms with van der Waals surface area (Å²) < 4.78 is 0. The van der Waals surface area contributed by atoms with E-state index in [-0.39, 0.29) is 17.1 Å². The van der Waals surface area contributed by atoms with Crippen molar-refractivity contribution in [2.75, 3.05) is 0 Å². The van der Waals surface area contributed by atoms with Gasteiger partial charge in [0.15, 0.2) is 5.78 Å². The van der Waals surface area contributed by atoms with Crippen molar-refractivity contribution in [1.29, 1.82) is 0 Å². The number of rotatable bonds is 1. The summed E-state index contributed by atoms with van der Waals surface area (Å²) in [5.41, 5.74) is 0.683. The number of allylic oxidation sites excluding steroid dienone is 1. The van der Waals surface area contributed by atoms with Gasteiger partial charge in [0.25, 0.3) is 0 Å². The third kappa shape index (κ3) is 2.12. The number of carbonyl (C=O) groups excluding carboxylic acids is 1. The number of aliphatic hydroxyl groups excluding tert-OH is 2. The van der Waals surface area contributed by atoms with Crippen LogP contribution in [0.15, 0.2) is 23.8 Å². The molecular weight excluding hydrogens is 288 g/mol. The molecule has 0 aliphatic heterocycles. The van der Waals surface area contributed by atoms with E-state index in [1.165, 1.54) is 0 Å². The first kappa shape index (κ1) is 16.9. The number of hydrogen-bond acceptors (Lipinski definition) is 3. The van der Waals surface area contributed by atoms with Gasteiger partial charge < -0.3 is 10.2 Å². The molecule has 3 aliphatic carbocycles. The smallest absolute Gasteiger partial charge is 0.171 e. The molecule has 3 nitrogen and oxygen atoms in total. The minimum Gasteiger partial charge on any atom is -0.392 e. The van der Waals surface area contributed by atoms with E-state index in [0.29, 0.717) is 12.0 Å². The van der Waals surface area contributed by atoms with Crippen molar-refractivity contribution in [3.05, 3.63) is 23.8 Å². The van der Waals surface area contributed by atoms with Gasteiger partial charge in [0.2, 0.25) is 0 Å². The molecule has 3 rings (SSSR count). The maximum Gasteiger partial charge on any atom is 0.171 e. The highest BCUT2D eigenvalue weighted by Crippen LogP contribution is 2.62. The Kier molecular flexibility index (Phi) is 3.70. The number of aliphatic hydroxyl groups is 2. The SMILES string of the molecule is C=CC1(C)CCC2=C(C1=O)C(O)CC1C(C)(C)CCC(O)C21C. The molecule has 128 valence electrons. The van der Waals surface area contributed by atoms with E-state index >= 15 is 0 Å². The fraction of sp³-hybridized carbons (Fsp3) is 0.750. The lowest BCUT2D eigenvalue weighted by Crippen LogP contribution is -2.57. The van der Waals surface area contributed by atoms with Crippen molar-refractivity contribution in [1.82, 2.24) is 0 Å². The molecule has 0 bridgehead atoms. The Hall–Kier alpha value is -0.930. The van der Waals surface area contributed by atoms with Crippen LogP contribution in [-0.2, 0) is 4.79 Å². The van der Waals surface area contributed by atoms with Gasteiger partial charge in [-0.05, 0) is 50.4 Å². The standard InChI is InChI=1S/C20H30O3/c1-6-19(4)10-7-12-16(17(19)23)13(21)11-14-18(2,3)9-8-15(22)20(12,14)5/h6,13-15,21-22H,1,7-11H2,2-5H3. The summed E-state index contributed by atoms with van der Waals surface area (Å²) in [6.45, 7) is 12.3. The molecule has 1 saturated carbocycles. The van der Waals surface area contributed by atoms with Crippen molar-refractivity contribution < 1.29 is 15.0 Å². The first-order chi connectivity index (χ1) is 10.6. The highest BCUT2D eigenvalue weighted by molar-refractivity contribution is 6.03. The van der Waals surface area contributed by atoms with Crippen molar-refractivity contribution >= 4 is 5.78 Å². The summed E-state index contributed by atoms with van der Waals surface area (Å²) in [6.07, 6.45) is 4.36. The zero-order valence-corrected chi connectivity index (χ0v) is 14.9. The van der Waals surface area contributed by atoms with Crippen molar-refractivity contribution in [2.24, 2.45) is 22.2 Å². The van der Waals surface area contributed by atoms with Gasteiger partial charge in [0.05, 0.1) is 12.2 Å². The number of carbonyl (C=O) groups is 1. The lowest BCUT2D eigenvalue weighted by atomic mass is 9.46. The molecule has 23 heavy (non-hydrogen) atoms. The minimum absolute atomic E-state index is 0.0107. The summed E-state index contributed by atoms with van der Waals surface area (Å²) in [5.74, 6) is 0.213. The highest BCUT2D eigenvalue weighted by Gasteiger charge is 2.59. The Morgan fingerprint density at radius 3 is 2.43 bits per heavy atom. The fourth-order valence-electron chi connectivity index (χ4n) is 5.53. The van der Waals surface area contributed by atoms with E-state index in [0.717, 1.165) is 31.3 Å². The van der Waals surface area contributed by atoms with Gasteiger partial charge in [0.1, 0.15) is 0 Å². The van der Waals surface area contributed by atoms with Crippen LogP contribution in [0, 0.1) is 22.2 Å². The molecule has 0 aromatic rings. The Morgan fingerprint density at radius 2 is 1.83 bits per heavy atom. The van der Waals surface area contributed by atoms with Crippen LogP contribution in [0.1, 0.15) is 59.8 Å². The average molecular weight is 318 g/mol. The molecule has 0 spiro atoms. The summed E-state index contributed by atoms with van der Waals surface area (Å²) in [6, 6.07) is 0. The maximum atomic E-state index is 13.0. The number of Topliss-reactive ketones (excluding diaryl/α,β-unsaturated/α-hetero) is 1. The lowest BCUT2D eigenvalue weighted by molar-refractivity contribution is -0.130. The fourth-order valence-corrected chi connectivity index (χ4v) is 5.53. The molecule has 3 aliphatic rings. The Morgan fingerprint density at radius 1 is 1.17 bits per heavy atom. The number of hydrogen-bond donors (Lipinski definition) is 2. The molecule has 5 atom stereocenters. The molecule has 1 fully saturated rings. The molecule has 0 aromatic carbocycles. The summed E-state index contributed by atoms with van der Waals surface area (Å²) >= 11 is 0. The van der Waals surface area contributed by atoms with Crippen LogP contribution in [-0.4, -0.2) is 28.2 Å². The maximum absolute atomic E-state index is 13.0. The van der Waals surface area contributed by atoms with E-state index in [4.69, 9.17) is 0 Å². The number of fused-ring (bicyclic) bond motifs is 2. The lowest BCUT2D eigenvalue weighted by Gasteiger charge is -2.59. The quantitative estimate of drug-likeness (QED) is 0.729. The molecule has 2 N–H and O–H groups in total. The monoisotopic (exact) mass is 318 g/mol. The van der Waals surface area contributed by atoms with E-state index in [1.54, 1.807) is 6.08 Å². The van der Waals surface area contributed by atoms with Gasteiger partial charge in [-0.2, -0.15) is 0 Å². The number of ketones is 1. The van der Waals surface area contributed by atoms with Crippen molar-refractivity contribution in [2.45, 2.75) is 72.0 Å². The summed E-state index contributed by atoms with van der Waals surface area (Å²) in [7, 11) is 0. The highest BCUT2D eigenvalue weighted by atomic mass is 16.3. The van der Waals surface area contributed by atoms with Gasteiger partial charge >= 0.3 is 0 Å². The van der Waals surface area contributed by atoms with Gasteiger partial charge in [-0.25, -0.2) is 0 Å². The van der Waals surface area contributed by atoms with Gasteiger partial charge in [-0.15, -0.1) is 6.58 Å². The summed E-state index contributed by atoms with van der Waals surface area (Å²) in [4.78, 5) is 13.0. The Balaban J connectivity index is 2.18. The first-order valence-electron chi connectivity index (χ1n) is 8.86. The second-order valence-corrected chi connectivity index (χ2v) is 8.97. The van der Waals surface area contributed by atoms with Crippen LogP contribution in [0.3, 0.4) is 0 Å². The minimum atomic E-state index is -0.709. The Bertz CT molecular complexity index is 588. The molecule has 0 amide bonds. The molecule has 5 unspecified atom stereocenters. The van der Waals surface area contributed by atoms with Crippen molar-refractivity contribution in [3.8, 4) is 0 Å². The van der Waals surface area contributed by atoms with Crippen molar-refractivity contribution in [3.63, 3.8) is 0 Å². The molecule has 0 heterocycles. The molecule has 3 heteroatoms. The topological polar surface area (TPSA) is 57.5 Å². The van der Waals surface area contributed by atoms with E-state index in [1.807, 2.05) is 6.92 Å². The van der Waals surface area contributed by atoms with Crippen LogP contribution in [0.4, 0.5) is 0 Å². The third-order valence-corrected chi connectivity index (χ3v) is 7.30. The van der Waals surface area contributed by atoms with Crippen LogP contribution >= 0.6 is 0 Å². The summed E-state index contributed by atoms with van der Waals surface area (Å²) in [5, 5.41) is 21.6. The predicted molar refractivity (Wildman–Crippen MR) is 90.8 cm³/mol. The Labute approximate surface area is 139 Å². The second kappa shape index (κ2) is 5.03. The van der Waals surface area contributed by atoms with Gasteiger partial charge in [0, 0.05) is 16.4 Å². The second-order valence-electron chi connectivity index (χ2n) is 8.97. The van der Waals surface area contributed by atoms with Crippen LogP contribution in [0.2, 0.25) is 0 Å². The molecule has 0 aromatic heterocycles. The van der Waals surface area contributed by atoms with E-state index < -0.39 is 23.0 Å². The largest absolute Gasteiger partial charge is 0.392 e. The third-order valence-electron chi connectivity index (χ3n) is 7.30. The zero-order valence-electron chi connectivity index (χ0n) is 14.9.